The van der Waals surface area contributed by atoms with Crippen molar-refractivity contribution in [2.75, 3.05) is 6.54 Å². The van der Waals surface area contributed by atoms with Crippen molar-refractivity contribution in [1.82, 2.24) is 9.88 Å². The number of aromatic amines is 1. The molecule has 0 spiro atoms. The van der Waals surface area contributed by atoms with Gasteiger partial charge in [0.1, 0.15) is 0 Å². The fraction of sp³-hybridized carbons (Fsp3) is 0.615. The molecular formula is C13H24N2O. The van der Waals surface area contributed by atoms with E-state index in [9.17, 15) is 4.79 Å². The fourth-order valence-corrected chi connectivity index (χ4v) is 1.70. The minimum atomic E-state index is -0.0532. The van der Waals surface area contributed by atoms with Gasteiger partial charge in [0.15, 0.2) is 0 Å². The summed E-state index contributed by atoms with van der Waals surface area (Å²) in [6, 6.07) is 6.31. The first-order valence-electron chi connectivity index (χ1n) is 5.88. The van der Waals surface area contributed by atoms with Crippen LogP contribution in [0.5, 0.6) is 0 Å². The largest absolute Gasteiger partial charge is 0.329 e. The second kappa shape index (κ2) is 8.11. The fourth-order valence-electron chi connectivity index (χ4n) is 1.70. The first kappa shape index (κ1) is 14.9. The van der Waals surface area contributed by atoms with Crippen LogP contribution in [0.2, 0.25) is 0 Å². The SMILES string of the molecule is CCN(C(C)C)C(C)C.O=c1cccc[nH]1. The molecule has 16 heavy (non-hydrogen) atoms. The van der Waals surface area contributed by atoms with Crippen molar-refractivity contribution in [2.45, 2.75) is 46.7 Å². The Morgan fingerprint density at radius 2 is 1.75 bits per heavy atom. The van der Waals surface area contributed by atoms with Gasteiger partial charge in [-0.05, 0) is 40.3 Å². The van der Waals surface area contributed by atoms with E-state index in [4.69, 9.17) is 0 Å². The van der Waals surface area contributed by atoms with Gasteiger partial charge in [0.2, 0.25) is 5.56 Å². The number of pyridine rings is 1. The van der Waals surface area contributed by atoms with Crippen molar-refractivity contribution in [3.8, 4) is 0 Å². The Balaban J connectivity index is 0.000000288. The summed E-state index contributed by atoms with van der Waals surface area (Å²) in [4.78, 5) is 15.1. The van der Waals surface area contributed by atoms with Crippen LogP contribution in [0.1, 0.15) is 34.6 Å². The number of rotatable bonds is 3. The number of nitrogens with one attached hydrogen (secondary N) is 1. The number of hydrogen-bond acceptors (Lipinski definition) is 2. The summed E-state index contributed by atoms with van der Waals surface area (Å²) in [5, 5.41) is 0. The highest BCUT2D eigenvalue weighted by Gasteiger charge is 2.08. The Morgan fingerprint density at radius 3 is 1.88 bits per heavy atom. The zero-order valence-electron chi connectivity index (χ0n) is 11.0. The van der Waals surface area contributed by atoms with Crippen LogP contribution < -0.4 is 5.56 Å². The lowest BCUT2D eigenvalue weighted by Crippen LogP contribution is -2.36. The lowest BCUT2D eigenvalue weighted by molar-refractivity contribution is 0.185. The van der Waals surface area contributed by atoms with Gasteiger partial charge in [-0.2, -0.15) is 0 Å². The molecule has 3 nitrogen and oxygen atoms in total. The van der Waals surface area contributed by atoms with Crippen molar-refractivity contribution in [2.24, 2.45) is 0 Å². The van der Waals surface area contributed by atoms with E-state index in [0.29, 0.717) is 12.1 Å². The van der Waals surface area contributed by atoms with Crippen molar-refractivity contribution in [3.05, 3.63) is 34.7 Å². The Labute approximate surface area is 98.5 Å². The molecule has 1 aromatic heterocycles. The average molecular weight is 224 g/mol. The molecule has 1 rings (SSSR count). The summed E-state index contributed by atoms with van der Waals surface area (Å²) in [6.07, 6.45) is 1.60. The molecule has 0 aliphatic heterocycles. The van der Waals surface area contributed by atoms with E-state index in [1.807, 2.05) is 0 Å². The Hall–Kier alpha value is -1.09. The molecule has 92 valence electrons. The smallest absolute Gasteiger partial charge is 0.247 e. The maximum absolute atomic E-state index is 10.2. The highest BCUT2D eigenvalue weighted by Crippen LogP contribution is 2.02. The van der Waals surface area contributed by atoms with E-state index in [1.165, 1.54) is 6.07 Å². The quantitative estimate of drug-likeness (QED) is 0.856. The maximum atomic E-state index is 10.2. The van der Waals surface area contributed by atoms with E-state index in [0.717, 1.165) is 6.54 Å². The molecule has 0 saturated heterocycles. The van der Waals surface area contributed by atoms with Crippen molar-refractivity contribution in [3.63, 3.8) is 0 Å². The summed E-state index contributed by atoms with van der Waals surface area (Å²) in [7, 11) is 0. The first-order chi connectivity index (χ1) is 7.49. The molecule has 0 aliphatic carbocycles. The summed E-state index contributed by atoms with van der Waals surface area (Å²) in [6.45, 7) is 12.3. The van der Waals surface area contributed by atoms with Gasteiger partial charge >= 0.3 is 0 Å². The molecule has 1 aromatic rings. The van der Waals surface area contributed by atoms with Crippen LogP contribution in [0, 0.1) is 0 Å². The van der Waals surface area contributed by atoms with E-state index in [-0.39, 0.29) is 5.56 Å². The van der Waals surface area contributed by atoms with Gasteiger partial charge in [0, 0.05) is 24.3 Å². The Bertz CT molecular complexity index is 292. The third-order valence-corrected chi connectivity index (χ3v) is 2.37. The van der Waals surface area contributed by atoms with E-state index < -0.39 is 0 Å². The monoisotopic (exact) mass is 224 g/mol. The molecule has 0 atom stereocenters. The van der Waals surface area contributed by atoms with Crippen LogP contribution in [0.25, 0.3) is 0 Å². The molecule has 1 heterocycles. The number of hydrogen-bond donors (Lipinski definition) is 1. The summed E-state index contributed by atoms with van der Waals surface area (Å²) >= 11 is 0. The van der Waals surface area contributed by atoms with Gasteiger partial charge in [0.05, 0.1) is 0 Å². The molecule has 0 amide bonds. The number of aromatic nitrogens is 1. The molecule has 0 aliphatic rings. The third-order valence-electron chi connectivity index (χ3n) is 2.37. The van der Waals surface area contributed by atoms with Gasteiger partial charge in [-0.15, -0.1) is 0 Å². The summed E-state index contributed by atoms with van der Waals surface area (Å²) < 4.78 is 0. The van der Waals surface area contributed by atoms with E-state index >= 15 is 0 Å². The van der Waals surface area contributed by atoms with Gasteiger partial charge in [-0.25, -0.2) is 0 Å². The first-order valence-corrected chi connectivity index (χ1v) is 5.88. The highest BCUT2D eigenvalue weighted by atomic mass is 16.1. The second-order valence-electron chi connectivity index (χ2n) is 4.24. The minimum Gasteiger partial charge on any atom is -0.329 e. The standard InChI is InChI=1S/C8H19N.C5H5NO/c1-6-9(7(2)3)8(4)5;7-5-3-1-2-4-6-5/h7-8H,6H2,1-5H3;1-4H,(H,6,7). The van der Waals surface area contributed by atoms with Gasteiger partial charge < -0.3 is 4.98 Å². The summed E-state index contributed by atoms with van der Waals surface area (Å²) in [5.41, 5.74) is -0.0532. The Kier molecular flexibility index (Phi) is 7.56. The normalized spacial score (nSPS) is 10.5. The van der Waals surface area contributed by atoms with Crippen molar-refractivity contribution in [1.29, 1.82) is 0 Å². The molecule has 0 fully saturated rings. The van der Waals surface area contributed by atoms with Crippen LogP contribution in [0.3, 0.4) is 0 Å². The van der Waals surface area contributed by atoms with Crippen LogP contribution in [-0.2, 0) is 0 Å². The van der Waals surface area contributed by atoms with Crippen LogP contribution >= 0.6 is 0 Å². The number of nitrogens with zero attached hydrogens (tertiary/aromatic N) is 1. The molecule has 0 saturated carbocycles. The lowest BCUT2D eigenvalue weighted by atomic mass is 10.2. The van der Waals surface area contributed by atoms with Crippen molar-refractivity contribution >= 4 is 0 Å². The highest BCUT2D eigenvalue weighted by molar-refractivity contribution is 4.89. The average Bonchev–Trinajstić information content (AvgIpc) is 2.19. The summed E-state index contributed by atoms with van der Waals surface area (Å²) in [5.74, 6) is 0. The molecule has 1 N–H and O–H groups in total. The van der Waals surface area contributed by atoms with Gasteiger partial charge in [0.25, 0.3) is 0 Å². The van der Waals surface area contributed by atoms with Crippen LogP contribution in [-0.4, -0.2) is 28.5 Å². The zero-order chi connectivity index (χ0) is 12.6. The molecule has 0 aromatic carbocycles. The second-order valence-corrected chi connectivity index (χ2v) is 4.24. The van der Waals surface area contributed by atoms with E-state index in [2.05, 4.69) is 44.5 Å². The molecule has 0 unspecified atom stereocenters. The number of H-pyrrole nitrogens is 1. The molecule has 0 radical (unpaired) electrons. The molecule has 3 heteroatoms. The zero-order valence-corrected chi connectivity index (χ0v) is 11.0. The lowest BCUT2D eigenvalue weighted by Gasteiger charge is -2.28. The Morgan fingerprint density at radius 1 is 1.19 bits per heavy atom. The van der Waals surface area contributed by atoms with E-state index in [1.54, 1.807) is 18.3 Å². The van der Waals surface area contributed by atoms with Crippen molar-refractivity contribution < 1.29 is 0 Å². The maximum Gasteiger partial charge on any atom is 0.247 e. The molecular weight excluding hydrogens is 200 g/mol. The van der Waals surface area contributed by atoms with Crippen LogP contribution in [0.15, 0.2) is 29.2 Å². The van der Waals surface area contributed by atoms with Crippen LogP contribution in [0.4, 0.5) is 0 Å². The predicted molar refractivity (Wildman–Crippen MR) is 69.7 cm³/mol. The minimum absolute atomic E-state index is 0.0532. The third kappa shape index (κ3) is 6.40. The predicted octanol–water partition coefficient (Wildman–Crippen LogP) is 2.50. The van der Waals surface area contributed by atoms with Gasteiger partial charge in [-0.1, -0.05) is 13.0 Å². The van der Waals surface area contributed by atoms with Gasteiger partial charge in [-0.3, -0.25) is 9.69 Å². The topological polar surface area (TPSA) is 36.1 Å². The molecule has 0 bridgehead atoms.